The number of ether oxygens (including phenoxy) is 1. The molecule has 0 unspecified atom stereocenters. The quantitative estimate of drug-likeness (QED) is 0.447. The Morgan fingerprint density at radius 1 is 1.32 bits per heavy atom. The highest BCUT2D eigenvalue weighted by atomic mass is 16.5. The van der Waals surface area contributed by atoms with E-state index in [0.29, 0.717) is 30.8 Å². The van der Waals surface area contributed by atoms with E-state index in [2.05, 4.69) is 10.3 Å². The predicted molar refractivity (Wildman–Crippen MR) is 112 cm³/mol. The number of aromatic hydroxyl groups is 2. The van der Waals surface area contributed by atoms with Gasteiger partial charge in [0.05, 0.1) is 19.4 Å². The Bertz CT molecular complexity index is 1090. The molecule has 0 aliphatic rings. The molecule has 0 fully saturated rings. The van der Waals surface area contributed by atoms with Gasteiger partial charge in [0.15, 0.2) is 17.3 Å². The molecule has 31 heavy (non-hydrogen) atoms. The fraction of sp³-hybridized carbons (Fsp3) is 0.318. The van der Waals surface area contributed by atoms with E-state index in [9.17, 15) is 19.8 Å². The average molecular weight is 427 g/mol. The van der Waals surface area contributed by atoms with Crippen LogP contribution in [-0.4, -0.2) is 39.3 Å². The number of phenolic OH excluding ortho intramolecular Hbond substituents is 1. The average Bonchev–Trinajstić information content (AvgIpc) is 3.26. The smallest absolute Gasteiger partial charge is 0.227 e. The third-order valence-corrected chi connectivity index (χ3v) is 4.86. The van der Waals surface area contributed by atoms with Crippen LogP contribution >= 0.6 is 0 Å². The molecule has 3 aromatic rings. The summed E-state index contributed by atoms with van der Waals surface area (Å²) in [6.07, 6.45) is 5.89. The number of hydrogen-bond acceptors (Lipinski definition) is 7. The van der Waals surface area contributed by atoms with Crippen molar-refractivity contribution in [3.8, 4) is 17.2 Å². The minimum atomic E-state index is -0.754. The van der Waals surface area contributed by atoms with E-state index in [1.165, 1.54) is 19.2 Å². The van der Waals surface area contributed by atoms with Gasteiger partial charge in [0.2, 0.25) is 17.1 Å². The van der Waals surface area contributed by atoms with Crippen molar-refractivity contribution >= 4 is 5.91 Å². The summed E-state index contributed by atoms with van der Waals surface area (Å²) in [5.74, 6) is -1.13. The fourth-order valence-electron chi connectivity index (χ4n) is 3.30. The number of nitrogens with one attached hydrogen (secondary N) is 1. The van der Waals surface area contributed by atoms with Crippen LogP contribution in [0, 0.1) is 6.92 Å². The molecule has 3 rings (SSSR count). The van der Waals surface area contributed by atoms with Gasteiger partial charge in [0.1, 0.15) is 5.76 Å². The Labute approximate surface area is 178 Å². The van der Waals surface area contributed by atoms with E-state index in [-0.39, 0.29) is 29.6 Å². The molecule has 9 heteroatoms. The monoisotopic (exact) mass is 427 g/mol. The van der Waals surface area contributed by atoms with Crippen molar-refractivity contribution in [1.82, 2.24) is 14.9 Å². The molecule has 0 saturated heterocycles. The van der Waals surface area contributed by atoms with E-state index >= 15 is 0 Å². The van der Waals surface area contributed by atoms with Crippen molar-refractivity contribution in [3.05, 3.63) is 70.3 Å². The molecule has 0 bridgehead atoms. The molecule has 0 spiro atoms. The van der Waals surface area contributed by atoms with E-state index < -0.39 is 17.1 Å². The topological polar surface area (TPSA) is 127 Å². The number of carbonyl (C=O) groups excluding carboxylic acids is 1. The molecule has 9 nitrogen and oxygen atoms in total. The maximum atomic E-state index is 12.7. The summed E-state index contributed by atoms with van der Waals surface area (Å²) in [7, 11) is 1.41. The zero-order chi connectivity index (χ0) is 22.4. The SMILES string of the molecule is COc1cc([C@@H](CC(=O)NCCCn2ccnc2)c2oc(C)cc(=O)c2O)ccc1O. The van der Waals surface area contributed by atoms with Crippen molar-refractivity contribution < 1.29 is 24.2 Å². The number of nitrogens with zero attached hydrogens (tertiary/aromatic N) is 2. The minimum absolute atomic E-state index is 0.00805. The second kappa shape index (κ2) is 9.84. The first-order valence-electron chi connectivity index (χ1n) is 9.82. The number of benzene rings is 1. The molecule has 0 radical (unpaired) electrons. The Balaban J connectivity index is 1.81. The van der Waals surface area contributed by atoms with Crippen molar-refractivity contribution in [2.75, 3.05) is 13.7 Å². The van der Waals surface area contributed by atoms with E-state index in [0.717, 1.165) is 0 Å². The number of aryl methyl sites for hydroxylation is 2. The molecule has 2 aromatic heterocycles. The van der Waals surface area contributed by atoms with Crippen LogP contribution in [0.2, 0.25) is 0 Å². The first-order chi connectivity index (χ1) is 14.9. The lowest BCUT2D eigenvalue weighted by Crippen LogP contribution is -2.27. The molecular weight excluding hydrogens is 402 g/mol. The first kappa shape index (κ1) is 21.9. The summed E-state index contributed by atoms with van der Waals surface area (Å²) in [6, 6.07) is 5.75. The Morgan fingerprint density at radius 2 is 2.13 bits per heavy atom. The van der Waals surface area contributed by atoms with E-state index in [1.54, 1.807) is 31.6 Å². The van der Waals surface area contributed by atoms with Crippen LogP contribution < -0.4 is 15.5 Å². The predicted octanol–water partition coefficient (Wildman–Crippen LogP) is 2.29. The lowest BCUT2D eigenvalue weighted by Gasteiger charge is -2.19. The maximum absolute atomic E-state index is 12.7. The van der Waals surface area contributed by atoms with Crippen molar-refractivity contribution in [3.63, 3.8) is 0 Å². The Morgan fingerprint density at radius 3 is 2.84 bits per heavy atom. The molecule has 2 heterocycles. The Hall–Kier alpha value is -3.75. The lowest BCUT2D eigenvalue weighted by molar-refractivity contribution is -0.121. The molecule has 3 N–H and O–H groups in total. The molecule has 0 aliphatic heterocycles. The van der Waals surface area contributed by atoms with Gasteiger partial charge in [-0.2, -0.15) is 0 Å². The molecule has 0 aliphatic carbocycles. The second-order valence-corrected chi connectivity index (χ2v) is 7.13. The molecular formula is C22H25N3O6. The summed E-state index contributed by atoms with van der Waals surface area (Å²) in [6.45, 7) is 2.76. The van der Waals surface area contributed by atoms with Gasteiger partial charge in [-0.3, -0.25) is 9.59 Å². The van der Waals surface area contributed by atoms with Gasteiger partial charge in [0.25, 0.3) is 0 Å². The largest absolute Gasteiger partial charge is 0.504 e. The van der Waals surface area contributed by atoms with Crippen molar-refractivity contribution in [2.24, 2.45) is 0 Å². The summed E-state index contributed by atoms with van der Waals surface area (Å²) < 4.78 is 12.7. The first-order valence-corrected chi connectivity index (χ1v) is 9.82. The van der Waals surface area contributed by atoms with Gasteiger partial charge in [-0.15, -0.1) is 0 Å². The molecule has 0 saturated carbocycles. The van der Waals surface area contributed by atoms with Gasteiger partial charge in [0, 0.05) is 38.0 Å². The normalized spacial score (nSPS) is 11.8. The molecule has 1 aromatic carbocycles. The van der Waals surface area contributed by atoms with Crippen LogP contribution in [0.1, 0.15) is 35.8 Å². The Kier molecular flexibility index (Phi) is 6.96. The number of hydrogen-bond donors (Lipinski definition) is 3. The zero-order valence-corrected chi connectivity index (χ0v) is 17.4. The van der Waals surface area contributed by atoms with Gasteiger partial charge in [-0.05, 0) is 31.0 Å². The van der Waals surface area contributed by atoms with Crippen LogP contribution in [0.15, 0.2) is 52.2 Å². The lowest BCUT2D eigenvalue weighted by atomic mass is 9.91. The van der Waals surface area contributed by atoms with Crippen LogP contribution in [0.25, 0.3) is 0 Å². The molecule has 164 valence electrons. The van der Waals surface area contributed by atoms with Gasteiger partial charge in [-0.25, -0.2) is 4.98 Å². The molecule has 1 atom stereocenters. The number of imidazole rings is 1. The summed E-state index contributed by atoms with van der Waals surface area (Å²) >= 11 is 0. The van der Waals surface area contributed by atoms with Crippen LogP contribution in [0.3, 0.4) is 0 Å². The molecule has 1 amide bonds. The number of amides is 1. The highest BCUT2D eigenvalue weighted by Gasteiger charge is 2.26. The van der Waals surface area contributed by atoms with Crippen LogP contribution in [0.4, 0.5) is 0 Å². The fourth-order valence-corrected chi connectivity index (χ4v) is 3.30. The standard InChI is InChI=1S/C22H25N3O6/c1-14-10-18(27)21(29)22(31-14)16(15-4-5-17(26)19(11-15)30-2)12-20(28)24-6-3-8-25-9-7-23-13-25/h4-5,7,9-11,13,16,26,29H,3,6,8,12H2,1-2H3,(H,24,28)/t16-/m1/s1. The van der Waals surface area contributed by atoms with Crippen molar-refractivity contribution in [1.29, 1.82) is 0 Å². The number of aromatic nitrogens is 2. The van der Waals surface area contributed by atoms with Crippen LogP contribution in [0.5, 0.6) is 17.2 Å². The third kappa shape index (κ3) is 5.44. The zero-order valence-electron chi connectivity index (χ0n) is 17.4. The van der Waals surface area contributed by atoms with Crippen LogP contribution in [-0.2, 0) is 11.3 Å². The highest BCUT2D eigenvalue weighted by Crippen LogP contribution is 2.37. The maximum Gasteiger partial charge on any atom is 0.227 e. The summed E-state index contributed by atoms with van der Waals surface area (Å²) in [4.78, 5) is 28.7. The van der Waals surface area contributed by atoms with E-state index in [1.807, 2.05) is 10.8 Å². The summed E-state index contributed by atoms with van der Waals surface area (Å²) in [5.41, 5.74) is -0.0394. The third-order valence-electron chi connectivity index (χ3n) is 4.86. The number of rotatable bonds is 9. The highest BCUT2D eigenvalue weighted by molar-refractivity contribution is 5.77. The minimum Gasteiger partial charge on any atom is -0.504 e. The number of carbonyl (C=O) groups is 1. The second-order valence-electron chi connectivity index (χ2n) is 7.13. The van der Waals surface area contributed by atoms with Gasteiger partial charge < -0.3 is 29.3 Å². The van der Waals surface area contributed by atoms with E-state index in [4.69, 9.17) is 9.15 Å². The number of methoxy groups -OCH3 is 1. The summed E-state index contributed by atoms with van der Waals surface area (Å²) in [5, 5.41) is 23.1. The van der Waals surface area contributed by atoms with Gasteiger partial charge in [-0.1, -0.05) is 6.07 Å². The van der Waals surface area contributed by atoms with Gasteiger partial charge >= 0.3 is 0 Å². The van der Waals surface area contributed by atoms with Crippen molar-refractivity contribution in [2.45, 2.75) is 32.2 Å². The number of phenols is 1.